The molecule has 10 heteroatoms. The summed E-state index contributed by atoms with van der Waals surface area (Å²) in [7, 11) is 0. The molecule has 152 valence electrons. The van der Waals surface area contributed by atoms with Crippen LogP contribution in [-0.2, 0) is 14.2 Å². The minimum absolute atomic E-state index is 0.165. The van der Waals surface area contributed by atoms with Crippen molar-refractivity contribution in [3.05, 3.63) is 47.1 Å². The number of hydrogen-bond acceptors (Lipinski definition) is 7. The van der Waals surface area contributed by atoms with Crippen molar-refractivity contribution in [1.82, 2.24) is 19.5 Å². The van der Waals surface area contributed by atoms with Crippen molar-refractivity contribution in [3.63, 3.8) is 0 Å². The Hall–Kier alpha value is -1.42. The van der Waals surface area contributed by atoms with E-state index in [9.17, 15) is 0 Å². The van der Waals surface area contributed by atoms with Crippen LogP contribution in [0.1, 0.15) is 20.1 Å². The molecule has 29 heavy (non-hydrogen) atoms. The van der Waals surface area contributed by atoms with Gasteiger partial charge in [0.1, 0.15) is 24.1 Å². The van der Waals surface area contributed by atoms with Gasteiger partial charge in [-0.2, -0.15) is 0 Å². The van der Waals surface area contributed by atoms with Crippen molar-refractivity contribution in [3.8, 4) is 0 Å². The van der Waals surface area contributed by atoms with Crippen LogP contribution in [0.2, 0.25) is 10.2 Å². The van der Waals surface area contributed by atoms with E-state index in [-0.39, 0.29) is 18.3 Å². The first-order chi connectivity index (χ1) is 13.9. The summed E-state index contributed by atoms with van der Waals surface area (Å²) in [5.41, 5.74) is 1.14. The molecule has 2 aliphatic heterocycles. The maximum atomic E-state index is 6.38. The van der Waals surface area contributed by atoms with Crippen LogP contribution in [0.15, 0.2) is 41.8 Å². The van der Waals surface area contributed by atoms with Crippen LogP contribution >= 0.6 is 35.0 Å². The monoisotopic (exact) mass is 452 g/mol. The Balaban J connectivity index is 1.42. The van der Waals surface area contributed by atoms with Crippen LogP contribution in [0.4, 0.5) is 0 Å². The molecular formula is C19H18Cl2N4O3S. The van der Waals surface area contributed by atoms with E-state index >= 15 is 0 Å². The van der Waals surface area contributed by atoms with Crippen LogP contribution < -0.4 is 0 Å². The fraction of sp³-hybridized carbons (Fsp3) is 0.421. The summed E-state index contributed by atoms with van der Waals surface area (Å²) in [6.45, 7) is 3.83. The number of ether oxygens (including phenoxy) is 3. The number of fused-ring (bicyclic) bond motifs is 2. The molecule has 2 aromatic heterocycles. The second-order valence-electron chi connectivity index (χ2n) is 7.38. The third-order valence-electron chi connectivity index (χ3n) is 4.94. The molecule has 2 aliphatic rings. The predicted molar refractivity (Wildman–Crippen MR) is 110 cm³/mol. The van der Waals surface area contributed by atoms with Crippen LogP contribution in [0.3, 0.4) is 0 Å². The lowest BCUT2D eigenvalue weighted by molar-refractivity contribution is -0.193. The van der Waals surface area contributed by atoms with E-state index < -0.39 is 12.0 Å². The van der Waals surface area contributed by atoms with Crippen LogP contribution in [-0.4, -0.2) is 49.4 Å². The second-order valence-corrected chi connectivity index (χ2v) is 9.27. The fourth-order valence-corrected chi connectivity index (χ4v) is 4.99. The molecular weight excluding hydrogens is 435 g/mol. The summed E-state index contributed by atoms with van der Waals surface area (Å²) in [5, 5.41) is 1.02. The number of nitrogens with zero attached hydrogens (tertiary/aromatic N) is 4. The highest BCUT2D eigenvalue weighted by Crippen LogP contribution is 2.45. The SMILES string of the molecule is CC1(C)O[C@@H]2[C@@H](O1)[C@@H](CSc1ccc(Cl)cc1)O[C@H]2n1cnc2c(Cl)ncnc21. The summed E-state index contributed by atoms with van der Waals surface area (Å²) in [6, 6.07) is 7.75. The molecule has 0 radical (unpaired) electrons. The molecule has 2 fully saturated rings. The molecule has 4 heterocycles. The lowest BCUT2D eigenvalue weighted by Gasteiger charge is -2.24. The van der Waals surface area contributed by atoms with E-state index in [1.807, 2.05) is 42.7 Å². The number of aromatic nitrogens is 4. The highest BCUT2D eigenvalue weighted by Gasteiger charge is 2.56. The first-order valence-corrected chi connectivity index (χ1v) is 10.9. The zero-order chi connectivity index (χ0) is 20.2. The molecule has 4 atom stereocenters. The van der Waals surface area contributed by atoms with Crippen molar-refractivity contribution in [2.45, 2.75) is 49.1 Å². The molecule has 3 aromatic rings. The summed E-state index contributed by atoms with van der Waals surface area (Å²) < 4.78 is 20.6. The minimum Gasteiger partial charge on any atom is -0.348 e. The molecule has 1 aromatic carbocycles. The van der Waals surface area contributed by atoms with Gasteiger partial charge in [0.15, 0.2) is 22.8 Å². The molecule has 0 spiro atoms. The molecule has 0 unspecified atom stereocenters. The van der Waals surface area contributed by atoms with Crippen molar-refractivity contribution in [2.75, 3.05) is 5.75 Å². The summed E-state index contributed by atoms with van der Waals surface area (Å²) >= 11 is 13.8. The number of rotatable bonds is 4. The Morgan fingerprint density at radius 1 is 1.07 bits per heavy atom. The first-order valence-electron chi connectivity index (χ1n) is 9.14. The van der Waals surface area contributed by atoms with Gasteiger partial charge < -0.3 is 14.2 Å². The standard InChI is InChI=1S/C19H18Cl2N4O3S/c1-19(2)27-14-12(7-29-11-5-3-10(20)4-6-11)26-18(15(14)28-19)25-9-24-13-16(21)22-8-23-17(13)25/h3-6,8-9,12,14-15,18H,7H2,1-2H3/t12-,14+,15-,18-/m1/s1. The molecule has 7 nitrogen and oxygen atoms in total. The molecule has 0 amide bonds. The van der Waals surface area contributed by atoms with Gasteiger partial charge in [-0.1, -0.05) is 23.2 Å². The Labute approximate surface area is 181 Å². The Morgan fingerprint density at radius 3 is 2.62 bits per heavy atom. The van der Waals surface area contributed by atoms with Gasteiger partial charge >= 0.3 is 0 Å². The van der Waals surface area contributed by atoms with Crippen LogP contribution in [0.25, 0.3) is 11.2 Å². The molecule has 0 saturated carbocycles. The van der Waals surface area contributed by atoms with E-state index in [0.717, 1.165) is 4.90 Å². The average molecular weight is 453 g/mol. The zero-order valence-electron chi connectivity index (χ0n) is 15.7. The molecule has 2 saturated heterocycles. The van der Waals surface area contributed by atoms with Gasteiger partial charge in [-0.15, -0.1) is 11.8 Å². The highest BCUT2D eigenvalue weighted by atomic mass is 35.5. The number of benzene rings is 1. The quantitative estimate of drug-likeness (QED) is 0.430. The Morgan fingerprint density at radius 2 is 1.83 bits per heavy atom. The van der Waals surface area contributed by atoms with Crippen molar-refractivity contribution >= 4 is 46.1 Å². The summed E-state index contributed by atoms with van der Waals surface area (Å²) in [4.78, 5) is 13.8. The Bertz CT molecular complexity index is 1050. The number of hydrogen-bond donors (Lipinski definition) is 0. The minimum atomic E-state index is -0.691. The zero-order valence-corrected chi connectivity index (χ0v) is 18.0. The number of thioether (sulfide) groups is 1. The van der Waals surface area contributed by atoms with Gasteiger partial charge in [0, 0.05) is 15.7 Å². The van der Waals surface area contributed by atoms with Gasteiger partial charge in [0.2, 0.25) is 0 Å². The van der Waals surface area contributed by atoms with Gasteiger partial charge in [0.05, 0.1) is 12.4 Å². The van der Waals surface area contributed by atoms with Crippen LogP contribution in [0, 0.1) is 0 Å². The maximum Gasteiger partial charge on any atom is 0.167 e. The number of imidazole rings is 1. The predicted octanol–water partition coefficient (Wildman–Crippen LogP) is 4.34. The Kier molecular flexibility index (Phi) is 4.97. The molecule has 0 aliphatic carbocycles. The summed E-state index contributed by atoms with van der Waals surface area (Å²) in [6.07, 6.45) is 2.00. The third-order valence-corrected chi connectivity index (χ3v) is 6.57. The fourth-order valence-electron chi connectivity index (χ4n) is 3.74. The van der Waals surface area contributed by atoms with Crippen molar-refractivity contribution in [1.29, 1.82) is 0 Å². The highest BCUT2D eigenvalue weighted by molar-refractivity contribution is 7.99. The molecule has 0 bridgehead atoms. The first kappa shape index (κ1) is 19.5. The van der Waals surface area contributed by atoms with Gasteiger partial charge in [0.25, 0.3) is 0 Å². The maximum absolute atomic E-state index is 6.38. The molecule has 0 N–H and O–H groups in total. The second kappa shape index (κ2) is 7.37. The van der Waals surface area contributed by atoms with Crippen molar-refractivity contribution < 1.29 is 14.2 Å². The third kappa shape index (κ3) is 3.62. The van der Waals surface area contributed by atoms with Gasteiger partial charge in [-0.05, 0) is 38.1 Å². The lowest BCUT2D eigenvalue weighted by atomic mass is 10.1. The van der Waals surface area contributed by atoms with E-state index in [1.54, 1.807) is 18.1 Å². The number of halogens is 2. The van der Waals surface area contributed by atoms with Crippen molar-refractivity contribution in [2.24, 2.45) is 0 Å². The largest absolute Gasteiger partial charge is 0.348 e. The van der Waals surface area contributed by atoms with E-state index in [2.05, 4.69) is 15.0 Å². The van der Waals surface area contributed by atoms with E-state index in [0.29, 0.717) is 27.1 Å². The van der Waals surface area contributed by atoms with Gasteiger partial charge in [-0.3, -0.25) is 4.57 Å². The molecule has 5 rings (SSSR count). The lowest BCUT2D eigenvalue weighted by Crippen LogP contribution is -2.31. The van der Waals surface area contributed by atoms with Crippen LogP contribution in [0.5, 0.6) is 0 Å². The summed E-state index contributed by atoms with van der Waals surface area (Å²) in [5.74, 6) is 0.0185. The average Bonchev–Trinajstić information content (AvgIpc) is 3.33. The topological polar surface area (TPSA) is 71.3 Å². The normalized spacial score (nSPS) is 28.1. The smallest absolute Gasteiger partial charge is 0.167 e. The van der Waals surface area contributed by atoms with Gasteiger partial charge in [-0.25, -0.2) is 15.0 Å². The van der Waals surface area contributed by atoms with E-state index in [1.165, 1.54) is 6.33 Å². The van der Waals surface area contributed by atoms with E-state index in [4.69, 9.17) is 37.4 Å².